The molecule has 0 bridgehead atoms. The number of benzene rings is 1. The largest absolute Gasteiger partial charge is 0.324 e. The van der Waals surface area contributed by atoms with Crippen molar-refractivity contribution in [2.45, 2.75) is 40.7 Å². The number of amides is 2. The molecule has 134 valence electrons. The molecule has 25 heavy (non-hydrogen) atoms. The minimum absolute atomic E-state index is 0.0685. The highest BCUT2D eigenvalue weighted by atomic mass is 32.2. The van der Waals surface area contributed by atoms with E-state index in [2.05, 4.69) is 5.32 Å². The molecule has 0 spiro atoms. The monoisotopic (exact) mass is 360 g/mol. The Hall–Kier alpha value is -2.08. The molecule has 1 aromatic carbocycles. The number of thioether (sulfide) groups is 1. The summed E-state index contributed by atoms with van der Waals surface area (Å²) >= 11 is 1.29. The molecule has 1 fully saturated rings. The number of ketones is 1. The number of carbonyl (C=O) groups is 3. The predicted octanol–water partition coefficient (Wildman–Crippen LogP) is 3.35. The van der Waals surface area contributed by atoms with E-state index in [9.17, 15) is 14.4 Å². The number of allylic oxidation sites excluding steroid dienone is 1. The van der Waals surface area contributed by atoms with E-state index in [0.29, 0.717) is 10.7 Å². The topological polar surface area (TPSA) is 66.5 Å². The first-order chi connectivity index (χ1) is 11.6. The van der Waals surface area contributed by atoms with Crippen LogP contribution in [-0.4, -0.2) is 34.3 Å². The first kappa shape index (κ1) is 19.2. The predicted molar refractivity (Wildman–Crippen MR) is 101 cm³/mol. The summed E-state index contributed by atoms with van der Waals surface area (Å²) < 4.78 is 0. The highest BCUT2D eigenvalue weighted by molar-refractivity contribution is 8.04. The van der Waals surface area contributed by atoms with Crippen LogP contribution in [0.5, 0.6) is 0 Å². The second-order valence-corrected chi connectivity index (χ2v) is 8.18. The van der Waals surface area contributed by atoms with Gasteiger partial charge in [-0.2, -0.15) is 0 Å². The molecule has 0 aliphatic carbocycles. The molecule has 0 unspecified atom stereocenters. The van der Waals surface area contributed by atoms with E-state index in [4.69, 9.17) is 0 Å². The smallest absolute Gasteiger partial charge is 0.247 e. The van der Waals surface area contributed by atoms with E-state index in [0.717, 1.165) is 5.56 Å². The van der Waals surface area contributed by atoms with Crippen molar-refractivity contribution in [3.05, 3.63) is 40.9 Å². The van der Waals surface area contributed by atoms with Crippen molar-refractivity contribution >= 4 is 35.0 Å². The zero-order valence-electron chi connectivity index (χ0n) is 15.3. The van der Waals surface area contributed by atoms with Crippen molar-refractivity contribution in [3.63, 3.8) is 0 Å². The van der Waals surface area contributed by atoms with Gasteiger partial charge in [0.25, 0.3) is 0 Å². The Morgan fingerprint density at radius 2 is 2.00 bits per heavy atom. The number of anilines is 1. The fourth-order valence-corrected chi connectivity index (χ4v) is 3.33. The fraction of sp³-hybridized carbons (Fsp3) is 0.421. The highest BCUT2D eigenvalue weighted by Crippen LogP contribution is 2.32. The van der Waals surface area contributed by atoms with E-state index in [1.807, 2.05) is 45.9 Å². The lowest BCUT2D eigenvalue weighted by atomic mass is 9.91. The Morgan fingerprint density at radius 1 is 1.32 bits per heavy atom. The molecule has 1 N–H and O–H groups in total. The van der Waals surface area contributed by atoms with E-state index >= 15 is 0 Å². The number of carbonyl (C=O) groups excluding carboxylic acids is 3. The first-order valence-electron chi connectivity index (χ1n) is 8.18. The minimum atomic E-state index is -0.693. The van der Waals surface area contributed by atoms with Crippen molar-refractivity contribution in [2.75, 3.05) is 11.1 Å². The van der Waals surface area contributed by atoms with Gasteiger partial charge in [-0.1, -0.05) is 44.7 Å². The Morgan fingerprint density at radius 3 is 2.60 bits per heavy atom. The van der Waals surface area contributed by atoms with Gasteiger partial charge in [0, 0.05) is 17.2 Å². The molecular formula is C19H24N2O3S. The van der Waals surface area contributed by atoms with Crippen LogP contribution in [-0.2, 0) is 14.4 Å². The van der Waals surface area contributed by atoms with Gasteiger partial charge in [-0.25, -0.2) is 0 Å². The van der Waals surface area contributed by atoms with E-state index in [1.54, 1.807) is 13.0 Å². The van der Waals surface area contributed by atoms with Crippen LogP contribution in [0.25, 0.3) is 0 Å². The number of aryl methyl sites for hydroxylation is 1. The van der Waals surface area contributed by atoms with Gasteiger partial charge in [0.1, 0.15) is 6.04 Å². The van der Waals surface area contributed by atoms with E-state index in [-0.39, 0.29) is 23.4 Å². The average molecular weight is 360 g/mol. The van der Waals surface area contributed by atoms with Crippen molar-refractivity contribution in [1.82, 2.24) is 4.90 Å². The van der Waals surface area contributed by atoms with Crippen molar-refractivity contribution in [3.8, 4) is 0 Å². The molecule has 1 aliphatic heterocycles. The Bertz CT molecular complexity index is 734. The molecule has 1 saturated heterocycles. The average Bonchev–Trinajstić information content (AvgIpc) is 2.86. The number of hydrogen-bond acceptors (Lipinski definition) is 4. The highest BCUT2D eigenvalue weighted by Gasteiger charge is 2.35. The Balaban J connectivity index is 2.18. The number of hydrogen-bond donors (Lipinski definition) is 1. The summed E-state index contributed by atoms with van der Waals surface area (Å²) in [5.74, 6) is -0.271. The molecule has 6 heteroatoms. The summed E-state index contributed by atoms with van der Waals surface area (Å²) in [6.45, 7) is 9.09. The molecule has 0 saturated carbocycles. The third kappa shape index (κ3) is 4.72. The van der Waals surface area contributed by atoms with Gasteiger partial charge in [-0.05, 0) is 31.5 Å². The van der Waals surface area contributed by atoms with Gasteiger partial charge in [0.05, 0.1) is 10.8 Å². The third-order valence-electron chi connectivity index (χ3n) is 3.90. The van der Waals surface area contributed by atoms with Gasteiger partial charge in [0.2, 0.25) is 11.8 Å². The number of nitrogens with zero attached hydrogens (tertiary/aromatic N) is 1. The summed E-state index contributed by atoms with van der Waals surface area (Å²) in [4.78, 5) is 38.5. The SMILES string of the molecule is Cc1cccc(NC(=O)[C@@H](C)N2C(=O)CS/C2=C\C(=O)C(C)(C)C)c1. The molecule has 2 amide bonds. The summed E-state index contributed by atoms with van der Waals surface area (Å²) in [7, 11) is 0. The Kier molecular flexibility index (Phi) is 5.72. The van der Waals surface area contributed by atoms with Crippen molar-refractivity contribution < 1.29 is 14.4 Å². The molecule has 0 aromatic heterocycles. The lowest BCUT2D eigenvalue weighted by Crippen LogP contribution is -2.42. The van der Waals surface area contributed by atoms with Crippen LogP contribution in [0.4, 0.5) is 5.69 Å². The molecule has 5 nitrogen and oxygen atoms in total. The van der Waals surface area contributed by atoms with Crippen LogP contribution in [0.3, 0.4) is 0 Å². The van der Waals surface area contributed by atoms with Gasteiger partial charge >= 0.3 is 0 Å². The van der Waals surface area contributed by atoms with E-state index in [1.165, 1.54) is 22.7 Å². The van der Waals surface area contributed by atoms with Crippen LogP contribution in [0.2, 0.25) is 0 Å². The third-order valence-corrected chi connectivity index (χ3v) is 4.90. The molecule has 1 atom stereocenters. The number of rotatable bonds is 4. The molecule has 2 rings (SSSR count). The summed E-state index contributed by atoms with van der Waals surface area (Å²) in [5, 5.41) is 3.37. The van der Waals surface area contributed by atoms with Crippen molar-refractivity contribution in [2.24, 2.45) is 5.41 Å². The van der Waals surface area contributed by atoms with Gasteiger partial charge in [0.15, 0.2) is 5.78 Å². The van der Waals surface area contributed by atoms with Crippen LogP contribution in [0.15, 0.2) is 35.4 Å². The van der Waals surface area contributed by atoms with Crippen molar-refractivity contribution in [1.29, 1.82) is 0 Å². The second-order valence-electron chi connectivity index (χ2n) is 7.18. The maximum atomic E-state index is 12.6. The lowest BCUT2D eigenvalue weighted by Gasteiger charge is -2.25. The van der Waals surface area contributed by atoms with Gasteiger partial charge in [-0.15, -0.1) is 0 Å². The van der Waals surface area contributed by atoms with Crippen LogP contribution >= 0.6 is 11.8 Å². The maximum Gasteiger partial charge on any atom is 0.247 e. The number of nitrogens with one attached hydrogen (secondary N) is 1. The van der Waals surface area contributed by atoms with Crippen LogP contribution in [0, 0.1) is 12.3 Å². The summed E-state index contributed by atoms with van der Waals surface area (Å²) in [5.41, 5.74) is 1.19. The van der Waals surface area contributed by atoms with Gasteiger partial charge in [-0.3, -0.25) is 19.3 Å². The fourth-order valence-electron chi connectivity index (χ4n) is 2.33. The zero-order chi connectivity index (χ0) is 18.8. The lowest BCUT2D eigenvalue weighted by molar-refractivity contribution is -0.132. The molecule has 0 radical (unpaired) electrons. The zero-order valence-corrected chi connectivity index (χ0v) is 16.1. The first-order valence-corrected chi connectivity index (χ1v) is 9.16. The van der Waals surface area contributed by atoms with Gasteiger partial charge < -0.3 is 5.32 Å². The molecule has 1 aliphatic rings. The standard InChI is InChI=1S/C19H24N2O3S/c1-12-7-6-8-14(9-12)20-18(24)13(2)21-16(23)11-25-17(21)10-15(22)19(3,4)5/h6-10,13H,11H2,1-5H3,(H,20,24)/b17-10-/t13-/m1/s1. The quantitative estimate of drug-likeness (QED) is 0.836. The van der Waals surface area contributed by atoms with E-state index < -0.39 is 11.5 Å². The van der Waals surface area contributed by atoms with Crippen LogP contribution in [0.1, 0.15) is 33.3 Å². The Labute approximate surface area is 152 Å². The summed E-state index contributed by atoms with van der Waals surface area (Å²) in [6, 6.07) is 6.78. The summed E-state index contributed by atoms with van der Waals surface area (Å²) in [6.07, 6.45) is 1.48. The molecule has 1 aromatic rings. The normalized spacial score (nSPS) is 17.7. The minimum Gasteiger partial charge on any atom is -0.324 e. The van der Waals surface area contributed by atoms with Crippen LogP contribution < -0.4 is 5.32 Å². The maximum absolute atomic E-state index is 12.6. The molecule has 1 heterocycles. The molecular weight excluding hydrogens is 336 g/mol. The second kappa shape index (κ2) is 7.44.